The van der Waals surface area contributed by atoms with Crippen molar-refractivity contribution < 1.29 is 4.79 Å². The molecule has 0 bridgehead atoms. The molecule has 0 aliphatic rings. The fraction of sp³-hybridized carbons (Fsp3) is 0.545. The first kappa shape index (κ1) is 11.7. The third-order valence-corrected chi connectivity index (χ3v) is 3.50. The summed E-state index contributed by atoms with van der Waals surface area (Å²) in [4.78, 5) is 12.6. The Hall–Kier alpha value is -0.340. The number of hydrogen-bond acceptors (Lipinski definition) is 2. The number of carbonyl (C=O) groups excluding carboxylic acids is 1. The van der Waals surface area contributed by atoms with Crippen LogP contribution in [0.3, 0.4) is 0 Å². The van der Waals surface area contributed by atoms with Gasteiger partial charge in [-0.3, -0.25) is 4.79 Å². The first-order valence-corrected chi connectivity index (χ1v) is 6.07. The fourth-order valence-corrected chi connectivity index (χ4v) is 2.36. The predicted molar refractivity (Wildman–Crippen MR) is 62.1 cm³/mol. The van der Waals surface area contributed by atoms with Gasteiger partial charge in [-0.15, -0.1) is 11.3 Å². The normalized spacial score (nSPS) is 12.8. The molecule has 0 aliphatic carbocycles. The molecular weight excluding hydrogens is 216 g/mol. The zero-order valence-electron chi connectivity index (χ0n) is 8.55. The SMILES string of the molecule is CCC(C)CC(=O)Cc1ccc(Cl)s1. The molecule has 0 amide bonds. The van der Waals surface area contributed by atoms with Gasteiger partial charge in [-0.25, -0.2) is 0 Å². The number of rotatable bonds is 5. The summed E-state index contributed by atoms with van der Waals surface area (Å²) in [6.07, 6.45) is 2.30. The summed E-state index contributed by atoms with van der Waals surface area (Å²) in [6, 6.07) is 3.78. The molecule has 1 heterocycles. The molecular formula is C11H15ClOS. The Labute approximate surface area is 94.1 Å². The number of halogens is 1. The molecule has 0 saturated carbocycles. The Kier molecular flexibility index (Phi) is 4.63. The van der Waals surface area contributed by atoms with Crippen molar-refractivity contribution in [3.63, 3.8) is 0 Å². The van der Waals surface area contributed by atoms with E-state index in [2.05, 4.69) is 13.8 Å². The van der Waals surface area contributed by atoms with Gasteiger partial charge >= 0.3 is 0 Å². The zero-order valence-corrected chi connectivity index (χ0v) is 10.1. The minimum absolute atomic E-state index is 0.317. The van der Waals surface area contributed by atoms with Crippen LogP contribution in [-0.2, 0) is 11.2 Å². The summed E-state index contributed by atoms with van der Waals surface area (Å²) in [7, 11) is 0. The molecule has 0 aliphatic heterocycles. The van der Waals surface area contributed by atoms with Gasteiger partial charge in [0.1, 0.15) is 5.78 Å². The van der Waals surface area contributed by atoms with Crippen LogP contribution in [0.15, 0.2) is 12.1 Å². The molecule has 0 spiro atoms. The Morgan fingerprint density at radius 1 is 1.57 bits per heavy atom. The molecule has 0 fully saturated rings. The van der Waals surface area contributed by atoms with Crippen molar-refractivity contribution in [3.8, 4) is 0 Å². The third kappa shape index (κ3) is 3.81. The Bertz CT molecular complexity index is 306. The van der Waals surface area contributed by atoms with E-state index in [1.165, 1.54) is 11.3 Å². The molecule has 1 aromatic heterocycles. The number of Topliss-reactive ketones (excluding diaryl/α,β-unsaturated/α-hetero) is 1. The molecule has 1 aromatic rings. The van der Waals surface area contributed by atoms with Crippen LogP contribution in [0, 0.1) is 5.92 Å². The molecule has 0 aromatic carbocycles. The second-order valence-electron chi connectivity index (χ2n) is 3.64. The summed E-state index contributed by atoms with van der Waals surface area (Å²) in [5.41, 5.74) is 0. The Balaban J connectivity index is 2.41. The lowest BCUT2D eigenvalue weighted by Crippen LogP contribution is -2.06. The van der Waals surface area contributed by atoms with E-state index >= 15 is 0 Å². The Morgan fingerprint density at radius 2 is 2.29 bits per heavy atom. The van der Waals surface area contributed by atoms with Gasteiger partial charge < -0.3 is 0 Å². The van der Waals surface area contributed by atoms with Gasteiger partial charge in [-0.2, -0.15) is 0 Å². The number of carbonyl (C=O) groups is 1. The highest BCUT2D eigenvalue weighted by molar-refractivity contribution is 7.16. The monoisotopic (exact) mass is 230 g/mol. The van der Waals surface area contributed by atoms with E-state index in [-0.39, 0.29) is 0 Å². The maximum Gasteiger partial charge on any atom is 0.138 e. The van der Waals surface area contributed by atoms with Crippen LogP contribution < -0.4 is 0 Å². The van der Waals surface area contributed by atoms with E-state index in [1.807, 2.05) is 12.1 Å². The van der Waals surface area contributed by atoms with E-state index in [9.17, 15) is 4.79 Å². The average Bonchev–Trinajstić information content (AvgIpc) is 2.50. The average molecular weight is 231 g/mol. The minimum Gasteiger partial charge on any atom is -0.299 e. The number of ketones is 1. The van der Waals surface area contributed by atoms with Crippen LogP contribution in [0.4, 0.5) is 0 Å². The highest BCUT2D eigenvalue weighted by atomic mass is 35.5. The smallest absolute Gasteiger partial charge is 0.138 e. The molecule has 1 atom stereocenters. The standard InChI is InChI=1S/C11H15ClOS/c1-3-8(2)6-9(13)7-10-4-5-11(12)14-10/h4-5,8H,3,6-7H2,1-2H3. The van der Waals surface area contributed by atoms with E-state index in [0.29, 0.717) is 24.5 Å². The third-order valence-electron chi connectivity index (χ3n) is 2.27. The molecule has 78 valence electrons. The van der Waals surface area contributed by atoms with Gasteiger partial charge in [0.15, 0.2) is 0 Å². The molecule has 0 N–H and O–H groups in total. The van der Waals surface area contributed by atoms with E-state index in [4.69, 9.17) is 11.6 Å². The van der Waals surface area contributed by atoms with Crippen LogP contribution in [0.1, 0.15) is 31.6 Å². The van der Waals surface area contributed by atoms with Crippen molar-refractivity contribution in [1.29, 1.82) is 0 Å². The molecule has 0 saturated heterocycles. The zero-order chi connectivity index (χ0) is 10.6. The molecule has 3 heteroatoms. The van der Waals surface area contributed by atoms with Crippen molar-refractivity contribution in [3.05, 3.63) is 21.3 Å². The summed E-state index contributed by atoms with van der Waals surface area (Å²) in [5, 5.41) is 0. The number of hydrogen-bond donors (Lipinski definition) is 0. The van der Waals surface area contributed by atoms with E-state index < -0.39 is 0 Å². The first-order chi connectivity index (χ1) is 6.61. The maximum atomic E-state index is 11.6. The van der Waals surface area contributed by atoms with Crippen LogP contribution in [-0.4, -0.2) is 5.78 Å². The van der Waals surface area contributed by atoms with Crippen molar-refractivity contribution >= 4 is 28.7 Å². The van der Waals surface area contributed by atoms with E-state index in [1.54, 1.807) is 0 Å². The van der Waals surface area contributed by atoms with Crippen molar-refractivity contribution in [2.24, 2.45) is 5.92 Å². The molecule has 1 unspecified atom stereocenters. The Morgan fingerprint density at radius 3 is 2.79 bits per heavy atom. The summed E-state index contributed by atoms with van der Waals surface area (Å²) < 4.78 is 0.760. The lowest BCUT2D eigenvalue weighted by molar-refractivity contribution is -0.119. The van der Waals surface area contributed by atoms with Crippen LogP contribution in [0.2, 0.25) is 4.34 Å². The van der Waals surface area contributed by atoms with Crippen molar-refractivity contribution in [2.75, 3.05) is 0 Å². The highest BCUT2D eigenvalue weighted by Gasteiger charge is 2.09. The van der Waals surface area contributed by atoms with Crippen molar-refractivity contribution in [1.82, 2.24) is 0 Å². The fourth-order valence-electron chi connectivity index (χ4n) is 1.25. The largest absolute Gasteiger partial charge is 0.299 e. The maximum absolute atomic E-state index is 11.6. The van der Waals surface area contributed by atoms with Crippen LogP contribution in [0.5, 0.6) is 0 Å². The van der Waals surface area contributed by atoms with Gasteiger partial charge in [0.05, 0.1) is 4.34 Å². The molecule has 14 heavy (non-hydrogen) atoms. The lowest BCUT2D eigenvalue weighted by atomic mass is 10.0. The summed E-state index contributed by atoms with van der Waals surface area (Å²) >= 11 is 7.28. The van der Waals surface area contributed by atoms with Gasteiger partial charge in [-0.05, 0) is 18.1 Å². The van der Waals surface area contributed by atoms with E-state index in [0.717, 1.165) is 15.6 Å². The van der Waals surface area contributed by atoms with Gasteiger partial charge in [0, 0.05) is 17.7 Å². The van der Waals surface area contributed by atoms with Crippen molar-refractivity contribution in [2.45, 2.75) is 33.1 Å². The predicted octanol–water partition coefficient (Wildman–Crippen LogP) is 3.95. The topological polar surface area (TPSA) is 17.1 Å². The summed E-state index contributed by atoms with van der Waals surface area (Å²) in [5.74, 6) is 0.816. The second kappa shape index (κ2) is 5.52. The summed E-state index contributed by atoms with van der Waals surface area (Å²) in [6.45, 7) is 4.22. The number of thiophene rings is 1. The molecule has 0 radical (unpaired) electrons. The lowest BCUT2D eigenvalue weighted by Gasteiger charge is -2.05. The first-order valence-electron chi connectivity index (χ1n) is 4.87. The molecule has 1 rings (SSSR count). The highest BCUT2D eigenvalue weighted by Crippen LogP contribution is 2.22. The van der Waals surface area contributed by atoms with Crippen LogP contribution >= 0.6 is 22.9 Å². The van der Waals surface area contributed by atoms with Gasteiger partial charge in [0.25, 0.3) is 0 Å². The minimum atomic E-state index is 0.317. The van der Waals surface area contributed by atoms with Gasteiger partial charge in [0.2, 0.25) is 0 Å². The molecule has 1 nitrogen and oxygen atoms in total. The van der Waals surface area contributed by atoms with Gasteiger partial charge in [-0.1, -0.05) is 31.9 Å². The van der Waals surface area contributed by atoms with Crippen LogP contribution in [0.25, 0.3) is 0 Å². The second-order valence-corrected chi connectivity index (χ2v) is 5.44. The quantitative estimate of drug-likeness (QED) is 0.749.